The second kappa shape index (κ2) is 13.7. The number of aryl methyl sites for hydroxylation is 2. The van der Waals surface area contributed by atoms with Gasteiger partial charge < -0.3 is 24.5 Å². The number of fused-ring (bicyclic) bond motifs is 3. The molecule has 3 aromatic carbocycles. The number of ether oxygens (including phenoxy) is 2. The lowest BCUT2D eigenvalue weighted by atomic mass is 9.80. The van der Waals surface area contributed by atoms with Gasteiger partial charge in [0, 0.05) is 54.8 Å². The summed E-state index contributed by atoms with van der Waals surface area (Å²) in [5.74, 6) is -0.118. The maximum absolute atomic E-state index is 13.8. The van der Waals surface area contributed by atoms with E-state index >= 15 is 0 Å². The fraction of sp³-hybridized carbons (Fsp3) is 0.342. The predicted octanol–water partition coefficient (Wildman–Crippen LogP) is 6.71. The van der Waals surface area contributed by atoms with Crippen molar-refractivity contribution in [1.82, 2.24) is 14.9 Å². The average molecular weight is 620 g/mol. The van der Waals surface area contributed by atoms with Crippen molar-refractivity contribution in [2.75, 3.05) is 20.3 Å². The lowest BCUT2D eigenvalue weighted by Crippen LogP contribution is -2.35. The van der Waals surface area contributed by atoms with Crippen LogP contribution in [0, 0.1) is 19.8 Å². The zero-order chi connectivity index (χ0) is 32.2. The molecule has 0 spiro atoms. The fourth-order valence-corrected chi connectivity index (χ4v) is 7.03. The van der Waals surface area contributed by atoms with Crippen LogP contribution in [0.25, 0.3) is 21.9 Å². The van der Waals surface area contributed by atoms with Gasteiger partial charge in [-0.1, -0.05) is 60.7 Å². The van der Waals surface area contributed by atoms with E-state index in [0.717, 1.165) is 74.0 Å². The molecule has 1 amide bonds. The third kappa shape index (κ3) is 6.35. The van der Waals surface area contributed by atoms with Gasteiger partial charge in [0.05, 0.1) is 18.5 Å². The third-order valence-electron chi connectivity index (χ3n) is 9.42. The smallest absolute Gasteiger partial charge is 0.303 e. The third-order valence-corrected chi connectivity index (χ3v) is 9.42. The van der Waals surface area contributed by atoms with E-state index in [0.29, 0.717) is 32.7 Å². The maximum atomic E-state index is 13.8. The molecule has 46 heavy (non-hydrogen) atoms. The quantitative estimate of drug-likeness (QED) is 0.170. The van der Waals surface area contributed by atoms with Crippen LogP contribution in [0.15, 0.2) is 72.8 Å². The van der Waals surface area contributed by atoms with E-state index in [-0.39, 0.29) is 24.2 Å². The standard InChI is InChI=1S/C38H41N3O5/c1-24-30(16-17-34(42)43)25(2)40-37-35(24)31-9-5-6-10-32(31)41(37)23-26-12-14-27(15-13-26)36(28-18-20-46-21-19-28)38(44)39-22-29-8-4-7-11-33(29)45-3/h4-15,28,36H,16-23H2,1-3H3,(H,39,44)(H,42,43). The van der Waals surface area contributed by atoms with E-state index in [1.54, 1.807) is 7.11 Å². The number of amides is 1. The van der Waals surface area contributed by atoms with Crippen molar-refractivity contribution in [1.29, 1.82) is 0 Å². The van der Waals surface area contributed by atoms with Gasteiger partial charge in [0.2, 0.25) is 5.91 Å². The molecule has 1 aliphatic heterocycles. The number of carbonyl (C=O) groups excluding carboxylic acids is 1. The number of aliphatic carboxylic acids is 1. The maximum Gasteiger partial charge on any atom is 0.303 e. The summed E-state index contributed by atoms with van der Waals surface area (Å²) >= 11 is 0. The molecule has 238 valence electrons. The number of methoxy groups -OCH3 is 1. The van der Waals surface area contributed by atoms with Crippen molar-refractivity contribution in [3.8, 4) is 5.75 Å². The van der Waals surface area contributed by atoms with Gasteiger partial charge in [0.25, 0.3) is 0 Å². The highest BCUT2D eigenvalue weighted by molar-refractivity contribution is 6.08. The van der Waals surface area contributed by atoms with E-state index in [4.69, 9.17) is 14.5 Å². The molecule has 0 aliphatic carbocycles. The Morgan fingerprint density at radius 2 is 1.74 bits per heavy atom. The highest BCUT2D eigenvalue weighted by Crippen LogP contribution is 2.35. The summed E-state index contributed by atoms with van der Waals surface area (Å²) in [7, 11) is 1.64. The number of carboxylic acids is 1. The summed E-state index contributed by atoms with van der Waals surface area (Å²) in [5, 5.41) is 14.7. The Morgan fingerprint density at radius 1 is 1.02 bits per heavy atom. The van der Waals surface area contributed by atoms with Crippen LogP contribution < -0.4 is 10.1 Å². The van der Waals surface area contributed by atoms with Crippen LogP contribution in [0.4, 0.5) is 0 Å². The minimum atomic E-state index is -0.808. The number of aromatic nitrogens is 2. The Labute approximate surface area is 269 Å². The second-order valence-electron chi connectivity index (χ2n) is 12.2. The van der Waals surface area contributed by atoms with Crippen molar-refractivity contribution in [3.05, 3.63) is 106 Å². The summed E-state index contributed by atoms with van der Waals surface area (Å²) < 4.78 is 13.4. The number of rotatable bonds is 11. The molecule has 2 aromatic heterocycles. The van der Waals surface area contributed by atoms with Gasteiger partial charge in [0.1, 0.15) is 11.4 Å². The van der Waals surface area contributed by atoms with Crippen LogP contribution in [0.3, 0.4) is 0 Å². The molecule has 0 bridgehead atoms. The number of hydrogen-bond acceptors (Lipinski definition) is 5. The van der Waals surface area contributed by atoms with Crippen molar-refractivity contribution in [2.24, 2.45) is 5.92 Å². The number of nitrogens with one attached hydrogen (secondary N) is 1. The number of para-hydroxylation sites is 2. The van der Waals surface area contributed by atoms with Gasteiger partial charge in [-0.15, -0.1) is 0 Å². The number of carbonyl (C=O) groups is 2. The summed E-state index contributed by atoms with van der Waals surface area (Å²) in [6.07, 6.45) is 2.22. The van der Waals surface area contributed by atoms with Gasteiger partial charge in [-0.25, -0.2) is 4.98 Å². The molecule has 3 heterocycles. The summed E-state index contributed by atoms with van der Waals surface area (Å²) in [5.41, 5.74) is 8.00. The first-order chi connectivity index (χ1) is 22.4. The van der Waals surface area contributed by atoms with Crippen LogP contribution in [0.1, 0.15) is 58.7 Å². The lowest BCUT2D eigenvalue weighted by Gasteiger charge is -2.30. The molecule has 0 radical (unpaired) electrons. The molecular formula is C38H41N3O5. The highest BCUT2D eigenvalue weighted by atomic mass is 16.5. The second-order valence-corrected chi connectivity index (χ2v) is 12.2. The highest BCUT2D eigenvalue weighted by Gasteiger charge is 2.31. The van der Waals surface area contributed by atoms with Crippen LogP contribution >= 0.6 is 0 Å². The van der Waals surface area contributed by atoms with Crippen LogP contribution in [-0.2, 0) is 33.8 Å². The molecule has 0 saturated carbocycles. The van der Waals surface area contributed by atoms with Crippen LogP contribution in [0.5, 0.6) is 5.75 Å². The van der Waals surface area contributed by atoms with Crippen molar-refractivity contribution in [3.63, 3.8) is 0 Å². The zero-order valence-electron chi connectivity index (χ0n) is 26.7. The van der Waals surface area contributed by atoms with Crippen LogP contribution in [0.2, 0.25) is 0 Å². The molecule has 2 N–H and O–H groups in total. The van der Waals surface area contributed by atoms with E-state index in [1.165, 1.54) is 0 Å². The molecule has 1 saturated heterocycles. The first kappa shape index (κ1) is 31.3. The van der Waals surface area contributed by atoms with Crippen molar-refractivity contribution < 1.29 is 24.2 Å². The molecule has 1 unspecified atom stereocenters. The molecule has 6 rings (SSSR count). The Bertz CT molecular complexity index is 1870. The normalized spacial score (nSPS) is 14.4. The minimum Gasteiger partial charge on any atom is -0.496 e. The molecule has 1 atom stereocenters. The molecule has 5 aromatic rings. The summed E-state index contributed by atoms with van der Waals surface area (Å²) in [6.45, 7) is 6.39. The number of hydrogen-bond donors (Lipinski definition) is 2. The Morgan fingerprint density at radius 3 is 2.48 bits per heavy atom. The van der Waals surface area contributed by atoms with Crippen molar-refractivity contribution in [2.45, 2.75) is 58.5 Å². The SMILES string of the molecule is COc1ccccc1CNC(=O)C(c1ccc(Cn2c3ccccc3c3c(C)c(CCC(=O)O)c(C)nc32)cc1)C1CCOCC1. The van der Waals surface area contributed by atoms with E-state index in [1.807, 2.05) is 43.3 Å². The summed E-state index contributed by atoms with van der Waals surface area (Å²) in [4.78, 5) is 30.1. The number of nitrogens with zero attached hydrogens (tertiary/aromatic N) is 2. The lowest BCUT2D eigenvalue weighted by molar-refractivity contribution is -0.137. The number of benzene rings is 3. The van der Waals surface area contributed by atoms with E-state index < -0.39 is 5.97 Å². The zero-order valence-corrected chi connectivity index (χ0v) is 26.7. The molecular weight excluding hydrogens is 578 g/mol. The average Bonchev–Trinajstić information content (AvgIpc) is 3.37. The summed E-state index contributed by atoms with van der Waals surface area (Å²) in [6, 6.07) is 24.5. The van der Waals surface area contributed by atoms with E-state index in [2.05, 4.69) is 53.2 Å². The largest absolute Gasteiger partial charge is 0.496 e. The number of carboxylic acid groups (broad SMARTS) is 1. The predicted molar refractivity (Wildman–Crippen MR) is 179 cm³/mol. The Hall–Kier alpha value is -4.69. The minimum absolute atomic E-state index is 0.0156. The fourth-order valence-electron chi connectivity index (χ4n) is 7.03. The molecule has 1 fully saturated rings. The van der Waals surface area contributed by atoms with Crippen molar-refractivity contribution >= 4 is 33.8 Å². The van der Waals surface area contributed by atoms with Gasteiger partial charge in [0.15, 0.2) is 0 Å². The van der Waals surface area contributed by atoms with Gasteiger partial charge in [-0.05, 0) is 73.4 Å². The number of pyridine rings is 1. The first-order valence-corrected chi connectivity index (χ1v) is 16.0. The topological polar surface area (TPSA) is 103 Å². The molecule has 1 aliphatic rings. The van der Waals surface area contributed by atoms with Gasteiger partial charge in [-0.3, -0.25) is 9.59 Å². The molecule has 8 nitrogen and oxygen atoms in total. The van der Waals surface area contributed by atoms with Gasteiger partial charge >= 0.3 is 5.97 Å². The first-order valence-electron chi connectivity index (χ1n) is 16.0. The molecule has 8 heteroatoms. The Kier molecular flexibility index (Phi) is 9.35. The monoisotopic (exact) mass is 619 g/mol. The van der Waals surface area contributed by atoms with E-state index in [9.17, 15) is 14.7 Å². The van der Waals surface area contributed by atoms with Crippen LogP contribution in [-0.4, -0.2) is 46.9 Å². The van der Waals surface area contributed by atoms with Gasteiger partial charge in [-0.2, -0.15) is 0 Å². The Balaban J connectivity index is 1.30.